The van der Waals surface area contributed by atoms with Gasteiger partial charge in [0.2, 0.25) is 0 Å². The summed E-state index contributed by atoms with van der Waals surface area (Å²) in [6, 6.07) is 18.4. The molecule has 0 aliphatic rings. The lowest BCUT2D eigenvalue weighted by Crippen LogP contribution is -2.10. The molecule has 1 N–H and O–H groups in total. The average Bonchev–Trinajstić information content (AvgIpc) is 2.67. The molecular weight excluding hydrogens is 320 g/mol. The first-order valence-corrected chi connectivity index (χ1v) is 7.59. The van der Waals surface area contributed by atoms with Crippen molar-refractivity contribution in [2.24, 2.45) is 0 Å². The molecule has 25 heavy (non-hydrogen) atoms. The van der Waals surface area contributed by atoms with Crippen LogP contribution in [0.1, 0.15) is 0 Å². The molecule has 128 valence electrons. The Kier molecular flexibility index (Phi) is 6.89. The van der Waals surface area contributed by atoms with Gasteiger partial charge in [-0.15, -0.1) is 0 Å². The van der Waals surface area contributed by atoms with Crippen LogP contribution in [0.15, 0.2) is 66.4 Å². The van der Waals surface area contributed by atoms with Crippen LogP contribution in [0.3, 0.4) is 0 Å². The van der Waals surface area contributed by atoms with E-state index in [4.69, 9.17) is 14.7 Å². The number of nitriles is 1. The van der Waals surface area contributed by atoms with Crippen LogP contribution < -0.4 is 14.8 Å². The van der Waals surface area contributed by atoms with E-state index in [0.717, 1.165) is 5.75 Å². The molecule has 2 aromatic rings. The molecule has 6 nitrogen and oxygen atoms in total. The smallest absolute Gasteiger partial charge is 0.350 e. The Morgan fingerprint density at radius 2 is 1.76 bits per heavy atom. The van der Waals surface area contributed by atoms with Crippen molar-refractivity contribution < 1.29 is 19.0 Å². The lowest BCUT2D eigenvalue weighted by atomic mass is 10.2. The number of benzene rings is 2. The predicted octanol–water partition coefficient (Wildman–Crippen LogP) is 3.14. The molecule has 2 rings (SSSR count). The van der Waals surface area contributed by atoms with Crippen molar-refractivity contribution >= 4 is 11.7 Å². The van der Waals surface area contributed by atoms with Crippen molar-refractivity contribution in [3.8, 4) is 17.6 Å². The van der Waals surface area contributed by atoms with Crippen molar-refractivity contribution in [2.75, 3.05) is 25.6 Å². The number of ether oxygens (including phenoxy) is 3. The van der Waals surface area contributed by atoms with Crippen molar-refractivity contribution in [1.29, 1.82) is 5.26 Å². The van der Waals surface area contributed by atoms with Gasteiger partial charge in [0.1, 0.15) is 30.8 Å². The second-order valence-corrected chi connectivity index (χ2v) is 4.81. The Hall–Kier alpha value is -3.46. The number of esters is 1. The summed E-state index contributed by atoms with van der Waals surface area (Å²) in [5.41, 5.74) is 0.489. The number of para-hydroxylation sites is 3. The van der Waals surface area contributed by atoms with E-state index in [1.165, 1.54) is 13.3 Å². The molecule has 0 aliphatic heterocycles. The molecule has 0 saturated carbocycles. The molecule has 0 atom stereocenters. The first-order chi connectivity index (χ1) is 12.2. The highest BCUT2D eigenvalue weighted by Gasteiger charge is 2.09. The Bertz CT molecular complexity index is 766. The minimum Gasteiger partial charge on any atom is -0.490 e. The summed E-state index contributed by atoms with van der Waals surface area (Å²) in [6.07, 6.45) is 1.29. The van der Waals surface area contributed by atoms with E-state index < -0.39 is 5.97 Å². The third kappa shape index (κ3) is 5.59. The summed E-state index contributed by atoms with van der Waals surface area (Å²) >= 11 is 0. The second kappa shape index (κ2) is 9.63. The van der Waals surface area contributed by atoms with Gasteiger partial charge in [0.05, 0.1) is 12.8 Å². The van der Waals surface area contributed by atoms with E-state index in [-0.39, 0.29) is 5.57 Å². The maximum absolute atomic E-state index is 11.4. The number of carbonyl (C=O) groups is 1. The fourth-order valence-electron chi connectivity index (χ4n) is 1.94. The standard InChI is InChI=1S/C19H18N2O4/c1-23-19(22)15(13-20)14-21-17-9-5-6-10-18(17)25-12-11-24-16-7-3-2-4-8-16/h2-10,14,21H,11-12H2,1H3/b15-14-. The van der Waals surface area contributed by atoms with Crippen molar-refractivity contribution in [3.63, 3.8) is 0 Å². The average molecular weight is 338 g/mol. The third-order valence-corrected chi connectivity index (χ3v) is 3.14. The van der Waals surface area contributed by atoms with Crippen LogP contribution in [0.4, 0.5) is 5.69 Å². The molecule has 2 aromatic carbocycles. The fraction of sp³-hybridized carbons (Fsp3) is 0.158. The van der Waals surface area contributed by atoms with Gasteiger partial charge in [0.15, 0.2) is 5.57 Å². The SMILES string of the molecule is COC(=O)/C(C#N)=C\Nc1ccccc1OCCOc1ccccc1. The topological polar surface area (TPSA) is 80.6 Å². The summed E-state index contributed by atoms with van der Waals surface area (Å²) in [7, 11) is 1.22. The lowest BCUT2D eigenvalue weighted by molar-refractivity contribution is -0.135. The summed E-state index contributed by atoms with van der Waals surface area (Å²) in [4.78, 5) is 11.4. The van der Waals surface area contributed by atoms with Crippen LogP contribution in [0, 0.1) is 11.3 Å². The van der Waals surface area contributed by atoms with Gasteiger partial charge in [-0.2, -0.15) is 5.26 Å². The zero-order valence-corrected chi connectivity index (χ0v) is 13.8. The molecule has 6 heteroatoms. The highest BCUT2D eigenvalue weighted by molar-refractivity contribution is 5.93. The van der Waals surface area contributed by atoms with E-state index in [0.29, 0.717) is 24.7 Å². The number of hydrogen-bond donors (Lipinski definition) is 1. The van der Waals surface area contributed by atoms with Crippen LogP contribution in [0.2, 0.25) is 0 Å². The molecule has 0 aromatic heterocycles. The minimum atomic E-state index is -0.704. The van der Waals surface area contributed by atoms with Crippen LogP contribution in [0.25, 0.3) is 0 Å². The van der Waals surface area contributed by atoms with Crippen molar-refractivity contribution in [1.82, 2.24) is 0 Å². The molecule has 0 radical (unpaired) electrons. The number of hydrogen-bond acceptors (Lipinski definition) is 6. The Morgan fingerprint density at radius 1 is 1.08 bits per heavy atom. The van der Waals surface area contributed by atoms with Gasteiger partial charge in [-0.25, -0.2) is 4.79 Å². The summed E-state index contributed by atoms with van der Waals surface area (Å²) in [5.74, 6) is 0.652. The van der Waals surface area contributed by atoms with Gasteiger partial charge < -0.3 is 19.5 Å². The van der Waals surface area contributed by atoms with E-state index in [9.17, 15) is 4.79 Å². The van der Waals surface area contributed by atoms with Gasteiger partial charge in [-0.3, -0.25) is 0 Å². The molecule has 0 amide bonds. The fourth-order valence-corrected chi connectivity index (χ4v) is 1.94. The molecule has 0 unspecified atom stereocenters. The zero-order chi connectivity index (χ0) is 17.9. The number of anilines is 1. The van der Waals surface area contributed by atoms with Crippen LogP contribution in [-0.2, 0) is 9.53 Å². The Morgan fingerprint density at radius 3 is 2.48 bits per heavy atom. The largest absolute Gasteiger partial charge is 0.490 e. The monoisotopic (exact) mass is 338 g/mol. The van der Waals surface area contributed by atoms with Gasteiger partial charge in [0.25, 0.3) is 0 Å². The molecule has 0 spiro atoms. The predicted molar refractivity (Wildman–Crippen MR) is 93.2 cm³/mol. The number of carbonyl (C=O) groups excluding carboxylic acids is 1. The second-order valence-electron chi connectivity index (χ2n) is 4.81. The number of nitrogens with zero attached hydrogens (tertiary/aromatic N) is 1. The molecule has 0 aliphatic carbocycles. The number of nitrogens with one attached hydrogen (secondary N) is 1. The first-order valence-electron chi connectivity index (χ1n) is 7.59. The highest BCUT2D eigenvalue weighted by Crippen LogP contribution is 2.24. The summed E-state index contributed by atoms with van der Waals surface area (Å²) in [6.45, 7) is 0.735. The molecule has 0 heterocycles. The van der Waals surface area contributed by atoms with Crippen LogP contribution in [0.5, 0.6) is 11.5 Å². The van der Waals surface area contributed by atoms with Crippen molar-refractivity contribution in [3.05, 3.63) is 66.4 Å². The maximum Gasteiger partial charge on any atom is 0.350 e. The normalized spacial score (nSPS) is 10.5. The summed E-state index contributed by atoms with van der Waals surface area (Å²) in [5, 5.41) is 11.8. The molecule has 0 fully saturated rings. The number of rotatable bonds is 8. The quantitative estimate of drug-likeness (QED) is 0.345. The van der Waals surface area contributed by atoms with Gasteiger partial charge in [-0.1, -0.05) is 30.3 Å². The molecule has 0 bridgehead atoms. The third-order valence-electron chi connectivity index (χ3n) is 3.14. The minimum absolute atomic E-state index is 0.135. The Labute approximate surface area is 146 Å². The number of methoxy groups -OCH3 is 1. The van der Waals surface area contributed by atoms with Crippen LogP contribution in [-0.4, -0.2) is 26.3 Å². The van der Waals surface area contributed by atoms with Gasteiger partial charge in [-0.05, 0) is 24.3 Å². The summed E-state index contributed by atoms with van der Waals surface area (Å²) < 4.78 is 15.8. The lowest BCUT2D eigenvalue weighted by Gasteiger charge is -2.12. The van der Waals surface area contributed by atoms with E-state index in [1.807, 2.05) is 42.5 Å². The van der Waals surface area contributed by atoms with Crippen LogP contribution >= 0.6 is 0 Å². The highest BCUT2D eigenvalue weighted by atomic mass is 16.5. The maximum atomic E-state index is 11.4. The molecular formula is C19H18N2O4. The van der Waals surface area contributed by atoms with E-state index in [2.05, 4.69) is 10.1 Å². The van der Waals surface area contributed by atoms with E-state index in [1.54, 1.807) is 18.2 Å². The zero-order valence-electron chi connectivity index (χ0n) is 13.8. The first kappa shape index (κ1) is 17.9. The Balaban J connectivity index is 1.92. The van der Waals surface area contributed by atoms with E-state index >= 15 is 0 Å². The molecule has 0 saturated heterocycles. The van der Waals surface area contributed by atoms with Crippen molar-refractivity contribution in [2.45, 2.75) is 0 Å². The van der Waals surface area contributed by atoms with Gasteiger partial charge in [0, 0.05) is 6.20 Å². The van der Waals surface area contributed by atoms with Gasteiger partial charge >= 0.3 is 5.97 Å².